The second-order valence-corrected chi connectivity index (χ2v) is 7.14. The normalized spacial score (nSPS) is 18.0. The molecule has 1 unspecified atom stereocenters. The molecule has 0 spiro atoms. The lowest BCUT2D eigenvalue weighted by molar-refractivity contribution is -0.129. The van der Waals surface area contributed by atoms with Crippen LogP contribution in [0.3, 0.4) is 0 Å². The second kappa shape index (κ2) is 7.48. The summed E-state index contributed by atoms with van der Waals surface area (Å²) in [6.07, 6.45) is 0.237. The third-order valence-corrected chi connectivity index (χ3v) is 5.03. The van der Waals surface area contributed by atoms with E-state index in [1.54, 1.807) is 17.0 Å². The first-order valence-corrected chi connectivity index (χ1v) is 9.15. The first-order chi connectivity index (χ1) is 13.1. The standard InChI is InChI=1S/C20H19ClN2O4/c21-16-4-1-13(2-5-16)10-23-11-15(8-19(23)24)20(25)22-9-14-3-6-17-18(7-14)27-12-26-17/h1-7,15H,8-12H2,(H,22,25). The van der Waals surface area contributed by atoms with E-state index in [0.717, 1.165) is 11.1 Å². The number of hydrogen-bond donors (Lipinski definition) is 1. The molecule has 4 rings (SSSR count). The summed E-state index contributed by atoms with van der Waals surface area (Å²) in [4.78, 5) is 26.4. The quantitative estimate of drug-likeness (QED) is 0.858. The summed E-state index contributed by atoms with van der Waals surface area (Å²) < 4.78 is 10.6. The molecule has 6 nitrogen and oxygen atoms in total. The fraction of sp³-hybridized carbons (Fsp3) is 0.300. The van der Waals surface area contributed by atoms with Gasteiger partial charge >= 0.3 is 0 Å². The molecular weight excluding hydrogens is 368 g/mol. The van der Waals surface area contributed by atoms with E-state index in [1.807, 2.05) is 30.3 Å². The van der Waals surface area contributed by atoms with Gasteiger partial charge in [0.25, 0.3) is 0 Å². The zero-order chi connectivity index (χ0) is 18.8. The summed E-state index contributed by atoms with van der Waals surface area (Å²) in [5.74, 6) is 0.947. The predicted molar refractivity (Wildman–Crippen MR) is 99.4 cm³/mol. The van der Waals surface area contributed by atoms with Crippen LogP contribution in [-0.2, 0) is 22.7 Å². The molecule has 0 aromatic heterocycles. The molecule has 27 heavy (non-hydrogen) atoms. The van der Waals surface area contributed by atoms with Crippen LogP contribution < -0.4 is 14.8 Å². The molecule has 1 atom stereocenters. The van der Waals surface area contributed by atoms with Gasteiger partial charge in [-0.1, -0.05) is 29.8 Å². The van der Waals surface area contributed by atoms with Gasteiger partial charge in [0.1, 0.15) is 0 Å². The van der Waals surface area contributed by atoms with E-state index in [9.17, 15) is 9.59 Å². The number of nitrogens with one attached hydrogen (secondary N) is 1. The van der Waals surface area contributed by atoms with Crippen LogP contribution in [-0.4, -0.2) is 30.1 Å². The van der Waals surface area contributed by atoms with Gasteiger partial charge in [-0.25, -0.2) is 0 Å². The Kier molecular flexibility index (Phi) is 4.90. The lowest BCUT2D eigenvalue weighted by Gasteiger charge is -2.17. The van der Waals surface area contributed by atoms with Crippen molar-refractivity contribution < 1.29 is 19.1 Å². The van der Waals surface area contributed by atoms with Gasteiger partial charge in [-0.15, -0.1) is 0 Å². The molecule has 0 radical (unpaired) electrons. The molecule has 2 aromatic rings. The topological polar surface area (TPSA) is 67.9 Å². The average Bonchev–Trinajstić information content (AvgIpc) is 3.28. The third-order valence-electron chi connectivity index (χ3n) is 4.78. The van der Waals surface area contributed by atoms with E-state index in [4.69, 9.17) is 21.1 Å². The maximum Gasteiger partial charge on any atom is 0.231 e. The SMILES string of the molecule is O=C(NCc1ccc2c(c1)OCO2)C1CC(=O)N(Cc2ccc(Cl)cc2)C1. The third kappa shape index (κ3) is 4.01. The van der Waals surface area contributed by atoms with E-state index in [2.05, 4.69) is 5.32 Å². The molecule has 2 amide bonds. The van der Waals surface area contributed by atoms with Crippen molar-refractivity contribution in [3.63, 3.8) is 0 Å². The van der Waals surface area contributed by atoms with Crippen LogP contribution in [0.1, 0.15) is 17.5 Å². The van der Waals surface area contributed by atoms with Gasteiger partial charge in [0.2, 0.25) is 18.6 Å². The molecule has 0 saturated carbocycles. The second-order valence-electron chi connectivity index (χ2n) is 6.71. The van der Waals surface area contributed by atoms with Gasteiger partial charge < -0.3 is 19.7 Å². The molecule has 2 aliphatic heterocycles. The highest BCUT2D eigenvalue weighted by atomic mass is 35.5. The molecular formula is C20H19ClN2O4. The number of fused-ring (bicyclic) bond motifs is 1. The number of carbonyl (C=O) groups excluding carboxylic acids is 2. The lowest BCUT2D eigenvalue weighted by atomic mass is 10.1. The van der Waals surface area contributed by atoms with E-state index in [-0.39, 0.29) is 30.9 Å². The van der Waals surface area contributed by atoms with Crippen molar-refractivity contribution in [2.75, 3.05) is 13.3 Å². The number of ether oxygens (including phenoxy) is 2. The predicted octanol–water partition coefficient (Wildman–Crippen LogP) is 2.73. The number of amides is 2. The summed E-state index contributed by atoms with van der Waals surface area (Å²) in [6.45, 7) is 1.52. The van der Waals surface area contributed by atoms with Crippen LogP contribution in [0.4, 0.5) is 0 Å². The minimum absolute atomic E-state index is 0.00632. The number of halogens is 1. The molecule has 2 heterocycles. The van der Waals surface area contributed by atoms with Crippen LogP contribution >= 0.6 is 11.6 Å². The largest absolute Gasteiger partial charge is 0.454 e. The minimum Gasteiger partial charge on any atom is -0.454 e. The van der Waals surface area contributed by atoms with Crippen molar-refractivity contribution in [1.82, 2.24) is 10.2 Å². The maximum absolute atomic E-state index is 12.5. The Bertz CT molecular complexity index is 869. The van der Waals surface area contributed by atoms with Crippen LogP contribution in [0.25, 0.3) is 0 Å². The minimum atomic E-state index is -0.334. The molecule has 2 aliphatic rings. The Hall–Kier alpha value is -2.73. The van der Waals surface area contributed by atoms with Gasteiger partial charge in [0, 0.05) is 31.1 Å². The Morgan fingerprint density at radius 1 is 1.11 bits per heavy atom. The maximum atomic E-state index is 12.5. The number of rotatable bonds is 5. The van der Waals surface area contributed by atoms with Crippen molar-refractivity contribution in [3.8, 4) is 11.5 Å². The van der Waals surface area contributed by atoms with Gasteiger partial charge in [0.05, 0.1) is 5.92 Å². The zero-order valence-corrected chi connectivity index (χ0v) is 15.4. The Labute approximate surface area is 162 Å². The number of likely N-dealkylation sites (tertiary alicyclic amines) is 1. The number of hydrogen-bond acceptors (Lipinski definition) is 4. The molecule has 1 fully saturated rings. The smallest absolute Gasteiger partial charge is 0.231 e. The van der Waals surface area contributed by atoms with Gasteiger partial charge in [-0.2, -0.15) is 0 Å². The highest BCUT2D eigenvalue weighted by Gasteiger charge is 2.34. The molecule has 0 aliphatic carbocycles. The molecule has 1 N–H and O–H groups in total. The van der Waals surface area contributed by atoms with Crippen molar-refractivity contribution >= 4 is 23.4 Å². The lowest BCUT2D eigenvalue weighted by Crippen LogP contribution is -2.32. The number of nitrogens with zero attached hydrogens (tertiary/aromatic N) is 1. The van der Waals surface area contributed by atoms with Gasteiger partial charge in [0.15, 0.2) is 11.5 Å². The Morgan fingerprint density at radius 3 is 2.67 bits per heavy atom. The van der Waals surface area contributed by atoms with Crippen LogP contribution in [0.2, 0.25) is 5.02 Å². The highest BCUT2D eigenvalue weighted by molar-refractivity contribution is 6.30. The molecule has 2 aromatic carbocycles. The Balaban J connectivity index is 1.31. The number of carbonyl (C=O) groups is 2. The fourth-order valence-electron chi connectivity index (χ4n) is 3.30. The van der Waals surface area contributed by atoms with E-state index < -0.39 is 0 Å². The van der Waals surface area contributed by atoms with E-state index in [1.165, 1.54) is 0 Å². The van der Waals surface area contributed by atoms with Crippen molar-refractivity contribution in [1.29, 1.82) is 0 Å². The summed E-state index contributed by atoms with van der Waals surface area (Å²) in [5, 5.41) is 3.57. The first-order valence-electron chi connectivity index (χ1n) is 8.77. The van der Waals surface area contributed by atoms with Crippen molar-refractivity contribution in [3.05, 3.63) is 58.6 Å². The monoisotopic (exact) mass is 386 g/mol. The summed E-state index contributed by atoms with van der Waals surface area (Å²) in [6, 6.07) is 13.0. The molecule has 0 bridgehead atoms. The summed E-state index contributed by atoms with van der Waals surface area (Å²) in [7, 11) is 0. The molecule has 140 valence electrons. The van der Waals surface area contributed by atoms with Crippen molar-refractivity contribution in [2.24, 2.45) is 5.92 Å². The summed E-state index contributed by atoms with van der Waals surface area (Å²) >= 11 is 5.89. The van der Waals surface area contributed by atoms with E-state index >= 15 is 0 Å². The number of benzene rings is 2. The van der Waals surface area contributed by atoms with Gasteiger partial charge in [-0.3, -0.25) is 9.59 Å². The molecule has 7 heteroatoms. The van der Waals surface area contributed by atoms with Crippen LogP contribution in [0.5, 0.6) is 11.5 Å². The van der Waals surface area contributed by atoms with Crippen molar-refractivity contribution in [2.45, 2.75) is 19.5 Å². The zero-order valence-electron chi connectivity index (χ0n) is 14.6. The first kappa shape index (κ1) is 17.7. The Morgan fingerprint density at radius 2 is 1.85 bits per heavy atom. The van der Waals surface area contributed by atoms with E-state index in [0.29, 0.717) is 36.2 Å². The van der Waals surface area contributed by atoms with Gasteiger partial charge in [-0.05, 0) is 35.4 Å². The average molecular weight is 387 g/mol. The fourth-order valence-corrected chi connectivity index (χ4v) is 3.42. The summed E-state index contributed by atoms with van der Waals surface area (Å²) in [5.41, 5.74) is 1.92. The molecule has 1 saturated heterocycles. The highest BCUT2D eigenvalue weighted by Crippen LogP contribution is 2.32. The van der Waals surface area contributed by atoms with Crippen LogP contribution in [0, 0.1) is 5.92 Å². The van der Waals surface area contributed by atoms with Crippen LogP contribution in [0.15, 0.2) is 42.5 Å².